The molecule has 0 atom stereocenters. The highest BCUT2D eigenvalue weighted by Crippen LogP contribution is 2.20. The third kappa shape index (κ3) is 11.6. The molecule has 1 rings (SSSR count). The van der Waals surface area contributed by atoms with Gasteiger partial charge in [0.25, 0.3) is 0 Å². The first-order valence-electron chi connectivity index (χ1n) is 7.29. The average Bonchev–Trinajstić information content (AvgIpc) is 2.62. The lowest BCUT2D eigenvalue weighted by Crippen LogP contribution is -2.36. The maximum Gasteiger partial charge on any atom is 0.415 e. The number of amides is 9. The van der Waals surface area contributed by atoms with Crippen LogP contribution in [0, 0.1) is 0 Å². The maximum absolute atomic E-state index is 11.5. The van der Waals surface area contributed by atoms with Crippen molar-refractivity contribution in [3.05, 3.63) is 24.3 Å². The number of hydrogen-bond donors (Lipinski definition) is 7. The maximum atomic E-state index is 11.5. The number of carbonyl (C=O) groups excluding carboxylic acids is 5. The van der Waals surface area contributed by atoms with Crippen molar-refractivity contribution in [3.63, 3.8) is 0 Å². The number of carbonyl (C=O) groups is 6. The Morgan fingerprint density at radius 1 is 0.793 bits per heavy atom. The van der Waals surface area contributed by atoms with Crippen LogP contribution in [-0.4, -0.2) is 55.7 Å². The van der Waals surface area contributed by atoms with Gasteiger partial charge in [-0.3, -0.25) is 0 Å². The second kappa shape index (κ2) is 12.7. The highest BCUT2D eigenvalue weighted by atomic mass is 16.5. The topological polar surface area (TPSA) is 227 Å². The third-order valence-corrected chi connectivity index (χ3v) is 2.46. The van der Waals surface area contributed by atoms with Gasteiger partial charge in [0, 0.05) is 0 Å². The summed E-state index contributed by atoms with van der Waals surface area (Å²) in [5.74, 6) is 0. The quantitative estimate of drug-likeness (QED) is 0.362. The summed E-state index contributed by atoms with van der Waals surface area (Å²) in [5.41, 5.74) is 4.76. The van der Waals surface area contributed by atoms with Gasteiger partial charge in [-0.15, -0.1) is 0 Å². The molecule has 0 aliphatic rings. The lowest BCUT2D eigenvalue weighted by molar-refractivity contribution is 0.170. The molecular formula is C14H18N6O9. The van der Waals surface area contributed by atoms with Crippen LogP contribution in [0.2, 0.25) is 0 Å². The Labute approximate surface area is 162 Å². The van der Waals surface area contributed by atoms with E-state index < -0.39 is 36.4 Å². The van der Waals surface area contributed by atoms with Crippen molar-refractivity contribution in [2.45, 2.75) is 0 Å². The van der Waals surface area contributed by atoms with Gasteiger partial charge in [-0.25, -0.2) is 44.7 Å². The molecule has 9 amide bonds. The number of nitrogens with two attached hydrogens (primary N) is 1. The van der Waals surface area contributed by atoms with Crippen molar-refractivity contribution >= 4 is 47.7 Å². The Morgan fingerprint density at radius 3 is 1.41 bits per heavy atom. The molecule has 0 fully saturated rings. The van der Waals surface area contributed by atoms with Crippen LogP contribution in [0.4, 0.5) is 40.1 Å². The Balaban J connectivity index is 0.000000956. The molecule has 0 saturated carbocycles. The molecule has 29 heavy (non-hydrogen) atoms. The first-order chi connectivity index (χ1) is 13.6. The number of benzene rings is 1. The number of carboxylic acid groups (broad SMARTS) is 1. The molecule has 8 N–H and O–H groups in total. The number of hydrogen-bond acceptors (Lipinski definition) is 8. The number of imide groups is 3. The number of para-hydroxylation sites is 2. The van der Waals surface area contributed by atoms with E-state index in [0.29, 0.717) is 0 Å². The molecule has 0 spiro atoms. The lowest BCUT2D eigenvalue weighted by Gasteiger charge is -2.12. The normalized spacial score (nSPS) is 8.76. The van der Waals surface area contributed by atoms with Gasteiger partial charge >= 0.3 is 36.4 Å². The fraction of sp³-hybridized carbons (Fsp3) is 0.143. The van der Waals surface area contributed by atoms with E-state index in [1.165, 1.54) is 17.4 Å². The standard InChI is InChI=1S/C12H14N4O6.C2H4N2O3/c1-21-11(19)15-9(17)13-7-5-3-4-6-8(7)14-10(18)16-12(20)22-2;3-1(5)4-2(6)7/h3-6H,1-2H3,(H2,13,15,17,19)(H2,14,16,18,20);(H,6,7)(H3,3,4,5). The summed E-state index contributed by atoms with van der Waals surface area (Å²) in [6.45, 7) is 0. The molecule has 0 bridgehead atoms. The molecule has 0 aliphatic carbocycles. The predicted octanol–water partition coefficient (Wildman–Crippen LogP) is 0.795. The smallest absolute Gasteiger partial charge is 0.415 e. The van der Waals surface area contributed by atoms with Crippen molar-refractivity contribution in [1.29, 1.82) is 0 Å². The van der Waals surface area contributed by atoms with Gasteiger partial charge in [-0.05, 0) is 12.1 Å². The van der Waals surface area contributed by atoms with Gasteiger partial charge in [0.2, 0.25) is 0 Å². The number of rotatable bonds is 2. The number of ether oxygens (including phenoxy) is 2. The molecule has 0 aliphatic heterocycles. The summed E-state index contributed by atoms with van der Waals surface area (Å²) >= 11 is 0. The van der Waals surface area contributed by atoms with Gasteiger partial charge < -0.3 is 30.9 Å². The fourth-order valence-corrected chi connectivity index (χ4v) is 1.40. The minimum atomic E-state index is -1.44. The van der Waals surface area contributed by atoms with E-state index in [9.17, 15) is 28.8 Å². The van der Waals surface area contributed by atoms with Crippen LogP contribution in [0.1, 0.15) is 0 Å². The van der Waals surface area contributed by atoms with Crippen molar-refractivity contribution in [2.75, 3.05) is 24.9 Å². The second-order valence-electron chi connectivity index (χ2n) is 4.48. The number of alkyl carbamates (subject to hydrolysis) is 2. The summed E-state index contributed by atoms with van der Waals surface area (Å²) in [6.07, 6.45) is -3.31. The second-order valence-corrected chi connectivity index (χ2v) is 4.48. The summed E-state index contributed by atoms with van der Waals surface area (Å²) in [6, 6.07) is 3.38. The van der Waals surface area contributed by atoms with Crippen LogP contribution in [-0.2, 0) is 9.47 Å². The molecule has 0 saturated heterocycles. The zero-order valence-electron chi connectivity index (χ0n) is 15.1. The number of nitrogens with one attached hydrogen (secondary N) is 5. The van der Waals surface area contributed by atoms with Crippen LogP contribution < -0.4 is 32.3 Å². The number of anilines is 2. The summed E-state index contributed by atoms with van der Waals surface area (Å²) in [7, 11) is 2.21. The van der Waals surface area contributed by atoms with Crippen LogP contribution in [0.3, 0.4) is 0 Å². The predicted molar refractivity (Wildman–Crippen MR) is 96.3 cm³/mol. The molecule has 0 aromatic heterocycles. The zero-order chi connectivity index (χ0) is 22.4. The average molecular weight is 414 g/mol. The largest absolute Gasteiger partial charge is 0.465 e. The zero-order valence-corrected chi connectivity index (χ0v) is 15.1. The highest BCUT2D eigenvalue weighted by molar-refractivity contribution is 6.04. The van der Waals surface area contributed by atoms with Gasteiger partial charge in [0.05, 0.1) is 25.6 Å². The van der Waals surface area contributed by atoms with Gasteiger partial charge in [-0.1, -0.05) is 12.1 Å². The van der Waals surface area contributed by atoms with Crippen molar-refractivity contribution in [1.82, 2.24) is 16.0 Å². The minimum Gasteiger partial charge on any atom is -0.465 e. The third-order valence-electron chi connectivity index (χ3n) is 2.46. The van der Waals surface area contributed by atoms with Crippen molar-refractivity contribution in [2.24, 2.45) is 5.73 Å². The summed E-state index contributed by atoms with van der Waals surface area (Å²) < 4.78 is 8.53. The SMILES string of the molecule is COC(=O)NC(=O)Nc1ccccc1NC(=O)NC(=O)OC.NC(=O)NC(=O)O. The Hall–Kier alpha value is -4.56. The van der Waals surface area contributed by atoms with Crippen LogP contribution in [0.5, 0.6) is 0 Å². The number of primary amides is 1. The monoisotopic (exact) mass is 414 g/mol. The van der Waals surface area contributed by atoms with Crippen LogP contribution >= 0.6 is 0 Å². The van der Waals surface area contributed by atoms with Gasteiger partial charge in [-0.2, -0.15) is 0 Å². The highest BCUT2D eigenvalue weighted by Gasteiger charge is 2.13. The van der Waals surface area contributed by atoms with E-state index in [4.69, 9.17) is 5.11 Å². The molecule has 0 radical (unpaired) electrons. The molecule has 0 unspecified atom stereocenters. The first kappa shape index (κ1) is 24.4. The Bertz CT molecular complexity index is 720. The van der Waals surface area contributed by atoms with E-state index in [1.54, 1.807) is 12.1 Å². The molecule has 15 nitrogen and oxygen atoms in total. The van der Waals surface area contributed by atoms with E-state index in [-0.39, 0.29) is 11.4 Å². The van der Waals surface area contributed by atoms with E-state index in [0.717, 1.165) is 14.2 Å². The lowest BCUT2D eigenvalue weighted by atomic mass is 10.2. The Kier molecular flexibility index (Phi) is 10.7. The van der Waals surface area contributed by atoms with Gasteiger partial charge in [0.1, 0.15) is 0 Å². The molecular weight excluding hydrogens is 396 g/mol. The minimum absolute atomic E-state index is 0.198. The van der Waals surface area contributed by atoms with Crippen molar-refractivity contribution < 1.29 is 43.3 Å². The van der Waals surface area contributed by atoms with Crippen molar-refractivity contribution in [3.8, 4) is 0 Å². The molecule has 1 aromatic carbocycles. The van der Waals surface area contributed by atoms with Crippen LogP contribution in [0.15, 0.2) is 24.3 Å². The molecule has 1 aromatic rings. The number of methoxy groups -OCH3 is 2. The van der Waals surface area contributed by atoms with E-state index >= 15 is 0 Å². The summed E-state index contributed by atoms with van der Waals surface area (Å²) in [5, 5.41) is 17.5. The molecule has 0 heterocycles. The molecule has 158 valence electrons. The first-order valence-corrected chi connectivity index (χ1v) is 7.29. The Morgan fingerprint density at radius 2 is 1.17 bits per heavy atom. The summed E-state index contributed by atoms with van der Waals surface area (Å²) in [4.78, 5) is 63.8. The van der Waals surface area contributed by atoms with E-state index in [2.05, 4.69) is 25.8 Å². The van der Waals surface area contributed by atoms with Gasteiger partial charge in [0.15, 0.2) is 0 Å². The van der Waals surface area contributed by atoms with E-state index in [1.807, 2.05) is 10.6 Å². The van der Waals surface area contributed by atoms with Crippen LogP contribution in [0.25, 0.3) is 0 Å². The fourth-order valence-electron chi connectivity index (χ4n) is 1.40. The molecule has 15 heteroatoms. The number of urea groups is 3.